The van der Waals surface area contributed by atoms with Crippen LogP contribution in [0.3, 0.4) is 0 Å². The molecule has 1 aliphatic rings. The van der Waals surface area contributed by atoms with Crippen molar-refractivity contribution in [3.63, 3.8) is 0 Å². The largest absolute Gasteiger partial charge is 0.414 e. The first-order valence-electron chi connectivity index (χ1n) is 2.68. The Balaban J connectivity index is 2.79. The molecule has 0 saturated heterocycles. The Bertz CT molecular complexity index is 188. The van der Waals surface area contributed by atoms with Gasteiger partial charge in [-0.1, -0.05) is 0 Å². The highest BCUT2D eigenvalue weighted by Crippen LogP contribution is 2.51. The molecule has 5 heteroatoms. The van der Waals surface area contributed by atoms with Crippen LogP contribution in [0.15, 0.2) is 4.99 Å². The molecule has 0 N–H and O–H groups in total. The van der Waals surface area contributed by atoms with Crippen LogP contribution in [0, 0.1) is 0 Å². The summed E-state index contributed by atoms with van der Waals surface area (Å²) in [5, 5.41) is 0. The minimum atomic E-state index is -4.37. The molecule has 1 aliphatic carbocycles. The van der Waals surface area contributed by atoms with Crippen molar-refractivity contribution in [3.05, 3.63) is 0 Å². The number of carbonyl (C=O) groups excluding carboxylic acids is 1. The quantitative estimate of drug-likeness (QED) is 0.411. The minimum Gasteiger partial charge on any atom is -0.211 e. The molecule has 1 rings (SSSR count). The highest BCUT2D eigenvalue weighted by Gasteiger charge is 2.64. The average Bonchev–Trinajstić information content (AvgIpc) is 2.45. The molecule has 0 aliphatic heterocycles. The topological polar surface area (TPSA) is 29.4 Å². The number of alkyl halides is 3. The number of rotatable bonds is 1. The molecule has 0 atom stereocenters. The second kappa shape index (κ2) is 1.83. The standard InChI is InChI=1S/C5H4F3NO/c6-5(7,8)4(1-2-4)9-3-10/h1-2H2. The Morgan fingerprint density at radius 2 is 1.90 bits per heavy atom. The molecule has 0 heterocycles. The first-order chi connectivity index (χ1) is 4.52. The van der Waals surface area contributed by atoms with Crippen LogP contribution < -0.4 is 0 Å². The van der Waals surface area contributed by atoms with Gasteiger partial charge in [-0.05, 0) is 12.8 Å². The number of nitrogens with zero attached hydrogens (tertiary/aromatic N) is 1. The van der Waals surface area contributed by atoms with Crippen molar-refractivity contribution >= 4 is 6.08 Å². The lowest BCUT2D eigenvalue weighted by molar-refractivity contribution is -0.155. The zero-order chi connectivity index (χ0) is 7.83. The molecular weight excluding hydrogens is 147 g/mol. The number of hydrogen-bond donors (Lipinski definition) is 0. The van der Waals surface area contributed by atoms with E-state index in [2.05, 4.69) is 4.99 Å². The SMILES string of the molecule is O=C=NC1(C(F)(F)F)CC1. The molecule has 0 aromatic rings. The maximum absolute atomic E-state index is 11.8. The predicted octanol–water partition coefficient (Wildman–Crippen LogP) is 1.42. The summed E-state index contributed by atoms with van der Waals surface area (Å²) in [6, 6.07) is 0. The lowest BCUT2D eigenvalue weighted by Crippen LogP contribution is -2.28. The second-order valence-electron chi connectivity index (χ2n) is 2.23. The number of hydrogen-bond acceptors (Lipinski definition) is 2. The van der Waals surface area contributed by atoms with E-state index in [9.17, 15) is 18.0 Å². The van der Waals surface area contributed by atoms with E-state index in [-0.39, 0.29) is 12.8 Å². The third kappa shape index (κ3) is 0.926. The fourth-order valence-electron chi connectivity index (χ4n) is 0.664. The average molecular weight is 151 g/mol. The smallest absolute Gasteiger partial charge is 0.211 e. The molecule has 1 fully saturated rings. The zero-order valence-electron chi connectivity index (χ0n) is 4.90. The summed E-state index contributed by atoms with van der Waals surface area (Å²) in [6.45, 7) is 0. The molecule has 0 unspecified atom stereocenters. The summed E-state index contributed by atoms with van der Waals surface area (Å²) in [7, 11) is 0. The van der Waals surface area contributed by atoms with E-state index in [1.54, 1.807) is 0 Å². The number of aliphatic imine (C=N–C) groups is 1. The van der Waals surface area contributed by atoms with Crippen LogP contribution in [0.4, 0.5) is 13.2 Å². The fraction of sp³-hybridized carbons (Fsp3) is 0.800. The number of isocyanates is 1. The van der Waals surface area contributed by atoms with Crippen LogP contribution in [0.1, 0.15) is 12.8 Å². The first kappa shape index (κ1) is 7.28. The van der Waals surface area contributed by atoms with Gasteiger partial charge in [-0.25, -0.2) is 4.79 Å². The van der Waals surface area contributed by atoms with Crippen molar-refractivity contribution in [2.24, 2.45) is 4.99 Å². The molecular formula is C5H4F3NO. The molecule has 0 aromatic heterocycles. The lowest BCUT2D eigenvalue weighted by atomic mass is 10.3. The van der Waals surface area contributed by atoms with Crippen molar-refractivity contribution in [1.82, 2.24) is 0 Å². The van der Waals surface area contributed by atoms with E-state index in [1.807, 2.05) is 0 Å². The third-order valence-electron chi connectivity index (χ3n) is 1.51. The van der Waals surface area contributed by atoms with Crippen molar-refractivity contribution in [3.8, 4) is 0 Å². The Morgan fingerprint density at radius 1 is 1.40 bits per heavy atom. The van der Waals surface area contributed by atoms with Crippen LogP contribution in [0.2, 0.25) is 0 Å². The molecule has 0 bridgehead atoms. The first-order valence-corrected chi connectivity index (χ1v) is 2.68. The fourth-order valence-corrected chi connectivity index (χ4v) is 0.664. The van der Waals surface area contributed by atoms with Gasteiger partial charge < -0.3 is 0 Å². The summed E-state index contributed by atoms with van der Waals surface area (Å²) >= 11 is 0. The van der Waals surface area contributed by atoms with Gasteiger partial charge >= 0.3 is 6.18 Å². The predicted molar refractivity (Wildman–Crippen MR) is 26.1 cm³/mol. The van der Waals surface area contributed by atoms with Crippen molar-refractivity contribution < 1.29 is 18.0 Å². The molecule has 0 aromatic carbocycles. The van der Waals surface area contributed by atoms with Gasteiger partial charge in [0, 0.05) is 0 Å². The van der Waals surface area contributed by atoms with Gasteiger partial charge in [0.15, 0.2) is 5.54 Å². The molecule has 0 spiro atoms. The summed E-state index contributed by atoms with van der Waals surface area (Å²) < 4.78 is 35.4. The molecule has 1 saturated carbocycles. The normalized spacial score (nSPS) is 21.5. The van der Waals surface area contributed by atoms with Gasteiger partial charge in [0.25, 0.3) is 0 Å². The van der Waals surface area contributed by atoms with E-state index in [0.717, 1.165) is 6.08 Å². The number of halogens is 3. The van der Waals surface area contributed by atoms with Crippen LogP contribution in [-0.2, 0) is 4.79 Å². The van der Waals surface area contributed by atoms with E-state index < -0.39 is 11.7 Å². The summed E-state index contributed by atoms with van der Waals surface area (Å²) in [5.74, 6) is 0. The van der Waals surface area contributed by atoms with E-state index >= 15 is 0 Å². The Morgan fingerprint density at radius 3 is 2.00 bits per heavy atom. The molecule has 2 nitrogen and oxygen atoms in total. The van der Waals surface area contributed by atoms with Gasteiger partial charge in [-0.15, -0.1) is 0 Å². The maximum atomic E-state index is 11.8. The van der Waals surface area contributed by atoms with Crippen LogP contribution >= 0.6 is 0 Å². The van der Waals surface area contributed by atoms with Crippen LogP contribution in [-0.4, -0.2) is 17.8 Å². The van der Waals surface area contributed by atoms with E-state index in [0.29, 0.717) is 0 Å². The Kier molecular flexibility index (Phi) is 1.33. The van der Waals surface area contributed by atoms with Gasteiger partial charge in [0.1, 0.15) is 0 Å². The summed E-state index contributed by atoms with van der Waals surface area (Å²) in [6.07, 6.45) is -3.59. The van der Waals surface area contributed by atoms with E-state index in [4.69, 9.17) is 0 Å². The third-order valence-corrected chi connectivity index (χ3v) is 1.51. The summed E-state index contributed by atoms with van der Waals surface area (Å²) in [5.41, 5.74) is -2.06. The Hall–Kier alpha value is -0.830. The van der Waals surface area contributed by atoms with Gasteiger partial charge in [-0.2, -0.15) is 18.2 Å². The lowest BCUT2D eigenvalue weighted by Gasteiger charge is -2.10. The maximum Gasteiger partial charge on any atom is 0.414 e. The highest BCUT2D eigenvalue weighted by molar-refractivity contribution is 5.37. The van der Waals surface area contributed by atoms with E-state index in [1.165, 1.54) is 0 Å². The van der Waals surface area contributed by atoms with Crippen LogP contribution in [0.5, 0.6) is 0 Å². The van der Waals surface area contributed by atoms with Crippen molar-refractivity contribution in [2.75, 3.05) is 0 Å². The van der Waals surface area contributed by atoms with Crippen molar-refractivity contribution in [2.45, 2.75) is 24.6 Å². The van der Waals surface area contributed by atoms with Gasteiger partial charge in [0.2, 0.25) is 6.08 Å². The van der Waals surface area contributed by atoms with Crippen molar-refractivity contribution in [1.29, 1.82) is 0 Å². The molecule has 0 amide bonds. The molecule has 10 heavy (non-hydrogen) atoms. The highest BCUT2D eigenvalue weighted by atomic mass is 19.4. The summed E-state index contributed by atoms with van der Waals surface area (Å²) in [4.78, 5) is 12.2. The van der Waals surface area contributed by atoms with Gasteiger partial charge in [-0.3, -0.25) is 0 Å². The van der Waals surface area contributed by atoms with Crippen LogP contribution in [0.25, 0.3) is 0 Å². The monoisotopic (exact) mass is 151 g/mol. The zero-order valence-corrected chi connectivity index (χ0v) is 4.90. The molecule has 56 valence electrons. The van der Waals surface area contributed by atoms with Gasteiger partial charge in [0.05, 0.1) is 0 Å². The second-order valence-corrected chi connectivity index (χ2v) is 2.23. The Labute approximate surface area is 54.7 Å². The minimum absolute atomic E-state index is 0.0776. The molecule has 0 radical (unpaired) electrons.